The van der Waals surface area contributed by atoms with Gasteiger partial charge in [0.2, 0.25) is 11.6 Å². The number of aliphatic imine (C=N–C) groups is 2. The summed E-state index contributed by atoms with van der Waals surface area (Å²) in [7, 11) is 0. The molecule has 0 bridgehead atoms. The summed E-state index contributed by atoms with van der Waals surface area (Å²) in [6, 6.07) is 2.59. The Kier molecular flexibility index (Phi) is 3.53. The van der Waals surface area contributed by atoms with Crippen LogP contribution < -0.4 is 0 Å². The third kappa shape index (κ3) is 4.03. The van der Waals surface area contributed by atoms with Crippen LogP contribution in [0.1, 0.15) is 27.7 Å². The molecule has 6 nitrogen and oxygen atoms in total. The highest BCUT2D eigenvalue weighted by molar-refractivity contribution is 5.42. The Morgan fingerprint density at radius 2 is 1.32 bits per heavy atom. The minimum Gasteiger partial charge on any atom is -0.457 e. The van der Waals surface area contributed by atoms with E-state index in [2.05, 4.69) is 16.0 Å². The van der Waals surface area contributed by atoms with Crippen LogP contribution in [0.3, 0.4) is 0 Å². The molecule has 0 radical (unpaired) electrons. The molecule has 0 aromatic rings. The second kappa shape index (κ2) is 4.97. The first kappa shape index (κ1) is 13.5. The first-order chi connectivity index (χ1) is 8.86. The lowest BCUT2D eigenvalue weighted by Gasteiger charge is -2.17. The zero-order valence-corrected chi connectivity index (χ0v) is 11.6. The van der Waals surface area contributed by atoms with Crippen molar-refractivity contribution in [2.75, 3.05) is 13.1 Å². The Balaban J connectivity index is 1.74. The molecule has 2 heterocycles. The number of ether oxygens (including phenoxy) is 4. The highest BCUT2D eigenvalue weighted by atomic mass is 16.7. The third-order valence-electron chi connectivity index (χ3n) is 2.31. The molecule has 0 aliphatic carbocycles. The van der Waals surface area contributed by atoms with Gasteiger partial charge < -0.3 is 18.9 Å². The van der Waals surface area contributed by atoms with E-state index in [0.717, 1.165) is 0 Å². The van der Waals surface area contributed by atoms with Crippen molar-refractivity contribution in [3.63, 3.8) is 0 Å². The molecule has 19 heavy (non-hydrogen) atoms. The van der Waals surface area contributed by atoms with Crippen molar-refractivity contribution in [2.24, 2.45) is 9.98 Å². The van der Waals surface area contributed by atoms with Gasteiger partial charge in [0.15, 0.2) is 11.5 Å². The lowest BCUT2D eigenvalue weighted by molar-refractivity contribution is -0.116. The molecular weight excluding hydrogens is 248 g/mol. The van der Waals surface area contributed by atoms with Crippen molar-refractivity contribution < 1.29 is 18.9 Å². The van der Waals surface area contributed by atoms with Gasteiger partial charge in [-0.15, -0.1) is 0 Å². The minimum atomic E-state index is -0.604. The Morgan fingerprint density at radius 3 is 1.63 bits per heavy atom. The minimum absolute atomic E-state index is 0.356. The molecule has 2 aliphatic rings. The summed E-state index contributed by atoms with van der Waals surface area (Å²) in [5.74, 6) is 0.114. The molecule has 0 saturated carbocycles. The predicted octanol–water partition coefficient (Wildman–Crippen LogP) is 2.41. The van der Waals surface area contributed by atoms with E-state index in [1.54, 1.807) is 12.5 Å². The van der Waals surface area contributed by atoms with Crippen molar-refractivity contribution in [2.45, 2.75) is 39.3 Å². The Hall–Kier alpha value is -1.94. The van der Waals surface area contributed by atoms with E-state index in [9.17, 15) is 0 Å². The smallest absolute Gasteiger partial charge is 0.244 e. The summed E-state index contributed by atoms with van der Waals surface area (Å²) in [6.45, 7) is 8.05. The standard InChI is InChI=1S/C13H18N2O4/c1-12(2)16-7-10(18-12)5-14-9-15-6-11-8-17-13(3,4)19-11/h7-8H,5-6H2,1-4H3. The highest BCUT2D eigenvalue weighted by Gasteiger charge is 2.27. The maximum atomic E-state index is 5.46. The molecule has 0 spiro atoms. The van der Waals surface area contributed by atoms with Crippen molar-refractivity contribution >= 4 is 6.01 Å². The van der Waals surface area contributed by atoms with E-state index in [-0.39, 0.29) is 0 Å². The molecule has 2 rings (SSSR count). The predicted molar refractivity (Wildman–Crippen MR) is 68.3 cm³/mol. The Morgan fingerprint density at radius 1 is 0.895 bits per heavy atom. The van der Waals surface area contributed by atoms with Crippen LogP contribution in [0.5, 0.6) is 0 Å². The monoisotopic (exact) mass is 266 g/mol. The lowest BCUT2D eigenvalue weighted by Crippen LogP contribution is -2.20. The number of hydrogen-bond donors (Lipinski definition) is 0. The molecule has 2 aliphatic heterocycles. The van der Waals surface area contributed by atoms with Gasteiger partial charge in [0.25, 0.3) is 0 Å². The van der Waals surface area contributed by atoms with Gasteiger partial charge >= 0.3 is 0 Å². The molecule has 0 unspecified atom stereocenters. The van der Waals surface area contributed by atoms with Crippen LogP contribution in [0.2, 0.25) is 0 Å². The van der Waals surface area contributed by atoms with E-state index in [0.29, 0.717) is 24.6 Å². The molecule has 0 amide bonds. The van der Waals surface area contributed by atoms with Crippen LogP contribution in [0.15, 0.2) is 34.0 Å². The fraction of sp³-hybridized carbons (Fsp3) is 0.615. The van der Waals surface area contributed by atoms with Crippen molar-refractivity contribution in [3.05, 3.63) is 24.0 Å². The topological polar surface area (TPSA) is 61.6 Å². The van der Waals surface area contributed by atoms with Crippen molar-refractivity contribution in [1.29, 1.82) is 0 Å². The lowest BCUT2D eigenvalue weighted by atomic mass is 10.4. The fourth-order valence-electron chi connectivity index (χ4n) is 1.56. The molecule has 0 aromatic heterocycles. The summed E-state index contributed by atoms with van der Waals surface area (Å²) in [5.41, 5.74) is 0. The molecule has 104 valence electrons. The van der Waals surface area contributed by atoms with Gasteiger partial charge in [-0.1, -0.05) is 0 Å². The molecule has 6 heteroatoms. The molecule has 0 aromatic carbocycles. The summed E-state index contributed by atoms with van der Waals surface area (Å²) in [5, 5.41) is 0. The second-order valence-corrected chi connectivity index (χ2v) is 5.14. The van der Waals surface area contributed by atoms with E-state index in [1.165, 1.54) is 0 Å². The summed E-state index contributed by atoms with van der Waals surface area (Å²) in [4.78, 5) is 8.01. The summed E-state index contributed by atoms with van der Waals surface area (Å²) < 4.78 is 21.5. The third-order valence-corrected chi connectivity index (χ3v) is 2.31. The summed E-state index contributed by atoms with van der Waals surface area (Å²) in [6.07, 6.45) is 3.12. The molecule has 0 saturated heterocycles. The van der Waals surface area contributed by atoms with Gasteiger partial charge in [-0.3, -0.25) is 0 Å². The average molecular weight is 266 g/mol. The van der Waals surface area contributed by atoms with E-state index >= 15 is 0 Å². The maximum Gasteiger partial charge on any atom is 0.244 e. The van der Waals surface area contributed by atoms with Gasteiger partial charge in [0, 0.05) is 27.7 Å². The van der Waals surface area contributed by atoms with Crippen LogP contribution >= 0.6 is 0 Å². The molecule has 0 N–H and O–H groups in total. The normalized spacial score (nSPS) is 21.9. The number of rotatable bonds is 4. The summed E-state index contributed by atoms with van der Waals surface area (Å²) >= 11 is 0. The van der Waals surface area contributed by atoms with Gasteiger partial charge in [-0.2, -0.15) is 0 Å². The second-order valence-electron chi connectivity index (χ2n) is 5.14. The van der Waals surface area contributed by atoms with Gasteiger partial charge in [-0.05, 0) is 0 Å². The van der Waals surface area contributed by atoms with Crippen LogP contribution in [0.4, 0.5) is 0 Å². The van der Waals surface area contributed by atoms with Gasteiger partial charge in [-0.25, -0.2) is 9.98 Å². The average Bonchev–Trinajstić information content (AvgIpc) is 2.81. The van der Waals surface area contributed by atoms with E-state index in [4.69, 9.17) is 18.9 Å². The maximum absolute atomic E-state index is 5.46. The number of hydrogen-bond acceptors (Lipinski definition) is 6. The molecule has 0 fully saturated rings. The largest absolute Gasteiger partial charge is 0.457 e. The fourth-order valence-corrected chi connectivity index (χ4v) is 1.56. The first-order valence-corrected chi connectivity index (χ1v) is 6.06. The van der Waals surface area contributed by atoms with Crippen LogP contribution in [-0.2, 0) is 18.9 Å². The zero-order valence-electron chi connectivity index (χ0n) is 11.6. The highest BCUT2D eigenvalue weighted by Crippen LogP contribution is 2.24. The SMILES string of the molecule is CC1(C)OC=C(CN=C=NCC2=COC(C)(C)O2)O1. The van der Waals surface area contributed by atoms with Crippen molar-refractivity contribution in [3.8, 4) is 0 Å². The van der Waals surface area contributed by atoms with Crippen molar-refractivity contribution in [1.82, 2.24) is 0 Å². The van der Waals surface area contributed by atoms with Gasteiger partial charge in [0.1, 0.15) is 25.6 Å². The molecule has 0 atom stereocenters. The number of nitrogens with zero attached hydrogens (tertiary/aromatic N) is 2. The Labute approximate surface area is 112 Å². The van der Waals surface area contributed by atoms with Gasteiger partial charge in [0.05, 0.1) is 6.01 Å². The van der Waals surface area contributed by atoms with E-state index in [1.807, 2.05) is 27.7 Å². The zero-order chi connectivity index (χ0) is 13.9. The van der Waals surface area contributed by atoms with E-state index < -0.39 is 11.6 Å². The quantitative estimate of drug-likeness (QED) is 0.733. The van der Waals surface area contributed by atoms with Crippen LogP contribution in [0, 0.1) is 0 Å². The van der Waals surface area contributed by atoms with Crippen LogP contribution in [-0.4, -0.2) is 30.7 Å². The molecular formula is C13H18N2O4. The van der Waals surface area contributed by atoms with Crippen LogP contribution in [0.25, 0.3) is 0 Å². The first-order valence-electron chi connectivity index (χ1n) is 6.06. The Bertz CT molecular complexity index is 431.